The van der Waals surface area contributed by atoms with Crippen molar-refractivity contribution in [3.8, 4) is 5.75 Å². The summed E-state index contributed by atoms with van der Waals surface area (Å²) in [6.45, 7) is 4.00. The van der Waals surface area contributed by atoms with Crippen molar-refractivity contribution in [2.24, 2.45) is 5.92 Å². The fourth-order valence-corrected chi connectivity index (χ4v) is 2.78. The van der Waals surface area contributed by atoms with Gasteiger partial charge >= 0.3 is 5.97 Å². The number of methoxy groups -OCH3 is 1. The molecule has 106 valence electrons. The van der Waals surface area contributed by atoms with E-state index in [0.717, 1.165) is 6.07 Å². The highest BCUT2D eigenvalue weighted by Crippen LogP contribution is 2.24. The molecule has 0 radical (unpaired) electrons. The number of aromatic carboxylic acids is 1. The van der Waals surface area contributed by atoms with Gasteiger partial charge in [-0.15, -0.1) is 0 Å². The SMILES string of the molecule is COc1ccc(C(=O)O)cc1S(=O)(=O)NCC(C)C. The molecule has 0 saturated heterocycles. The molecule has 0 atom stereocenters. The summed E-state index contributed by atoms with van der Waals surface area (Å²) < 4.78 is 31.6. The summed E-state index contributed by atoms with van der Waals surface area (Å²) in [5, 5.41) is 8.90. The Hall–Kier alpha value is -1.60. The second-order valence-corrected chi connectivity index (χ2v) is 6.15. The molecule has 0 spiro atoms. The molecule has 1 rings (SSSR count). The number of nitrogens with one attached hydrogen (secondary N) is 1. The third kappa shape index (κ3) is 3.93. The molecule has 0 aromatic heterocycles. The summed E-state index contributed by atoms with van der Waals surface area (Å²) in [5.41, 5.74) is -0.106. The minimum atomic E-state index is -3.79. The van der Waals surface area contributed by atoms with Gasteiger partial charge in [-0.3, -0.25) is 0 Å². The lowest BCUT2D eigenvalue weighted by Crippen LogP contribution is -2.28. The van der Waals surface area contributed by atoms with E-state index in [1.807, 2.05) is 13.8 Å². The predicted molar refractivity (Wildman–Crippen MR) is 70.0 cm³/mol. The number of hydrogen-bond donors (Lipinski definition) is 2. The molecular weight excluding hydrogens is 270 g/mol. The molecule has 0 aliphatic carbocycles. The van der Waals surface area contributed by atoms with Crippen molar-refractivity contribution in [1.29, 1.82) is 0 Å². The quantitative estimate of drug-likeness (QED) is 0.823. The largest absolute Gasteiger partial charge is 0.495 e. The molecule has 1 aromatic carbocycles. The van der Waals surface area contributed by atoms with Crippen molar-refractivity contribution < 1.29 is 23.1 Å². The number of rotatable bonds is 6. The summed E-state index contributed by atoms with van der Waals surface area (Å²) in [7, 11) is -2.46. The van der Waals surface area contributed by atoms with Crippen molar-refractivity contribution >= 4 is 16.0 Å². The molecule has 0 heterocycles. The van der Waals surface area contributed by atoms with Gasteiger partial charge in [0.1, 0.15) is 10.6 Å². The van der Waals surface area contributed by atoms with Crippen LogP contribution in [-0.4, -0.2) is 33.1 Å². The van der Waals surface area contributed by atoms with E-state index >= 15 is 0 Å². The molecule has 0 aliphatic heterocycles. The Bertz CT molecular complexity index is 565. The number of carboxylic acid groups (broad SMARTS) is 1. The second kappa shape index (κ2) is 6.03. The summed E-state index contributed by atoms with van der Waals surface area (Å²) >= 11 is 0. The van der Waals surface area contributed by atoms with Crippen LogP contribution in [-0.2, 0) is 10.0 Å². The van der Waals surface area contributed by atoms with Crippen molar-refractivity contribution in [3.05, 3.63) is 23.8 Å². The number of ether oxygens (including phenoxy) is 1. The van der Waals surface area contributed by atoms with Gasteiger partial charge < -0.3 is 9.84 Å². The van der Waals surface area contributed by atoms with E-state index in [9.17, 15) is 13.2 Å². The smallest absolute Gasteiger partial charge is 0.335 e. The minimum absolute atomic E-state index is 0.106. The molecule has 7 heteroatoms. The lowest BCUT2D eigenvalue weighted by Gasteiger charge is -2.12. The maximum atomic E-state index is 12.1. The Morgan fingerprint density at radius 2 is 2.05 bits per heavy atom. The Morgan fingerprint density at radius 1 is 1.42 bits per heavy atom. The van der Waals surface area contributed by atoms with E-state index in [1.165, 1.54) is 19.2 Å². The first-order chi connectivity index (χ1) is 8.77. The van der Waals surface area contributed by atoms with Gasteiger partial charge in [0.2, 0.25) is 10.0 Å². The van der Waals surface area contributed by atoms with E-state index in [-0.39, 0.29) is 28.7 Å². The van der Waals surface area contributed by atoms with Crippen LogP contribution < -0.4 is 9.46 Å². The molecule has 0 amide bonds. The monoisotopic (exact) mass is 287 g/mol. The van der Waals surface area contributed by atoms with Crippen LogP contribution in [0.1, 0.15) is 24.2 Å². The zero-order valence-corrected chi connectivity index (χ0v) is 11.8. The Kier molecular flexibility index (Phi) is 4.90. The third-order valence-corrected chi connectivity index (χ3v) is 3.83. The fourth-order valence-electron chi connectivity index (χ4n) is 1.37. The summed E-state index contributed by atoms with van der Waals surface area (Å²) in [6.07, 6.45) is 0. The van der Waals surface area contributed by atoms with Crippen LogP contribution >= 0.6 is 0 Å². The highest BCUT2D eigenvalue weighted by atomic mass is 32.2. The molecule has 2 N–H and O–H groups in total. The van der Waals surface area contributed by atoms with E-state index in [0.29, 0.717) is 0 Å². The van der Waals surface area contributed by atoms with Crippen molar-refractivity contribution in [2.75, 3.05) is 13.7 Å². The molecular formula is C12H17NO5S. The molecule has 0 bridgehead atoms. The van der Waals surface area contributed by atoms with Gasteiger partial charge in [0.15, 0.2) is 0 Å². The maximum absolute atomic E-state index is 12.1. The fraction of sp³-hybridized carbons (Fsp3) is 0.417. The number of carboxylic acids is 1. The molecule has 0 aliphatic rings. The second-order valence-electron chi connectivity index (χ2n) is 4.42. The molecule has 19 heavy (non-hydrogen) atoms. The predicted octanol–water partition coefficient (Wildman–Crippen LogP) is 1.33. The van der Waals surface area contributed by atoms with E-state index in [1.54, 1.807) is 0 Å². The molecule has 0 fully saturated rings. The zero-order valence-electron chi connectivity index (χ0n) is 11.0. The van der Waals surface area contributed by atoms with E-state index < -0.39 is 16.0 Å². The lowest BCUT2D eigenvalue weighted by atomic mass is 10.2. The van der Waals surface area contributed by atoms with Crippen LogP contribution in [0.25, 0.3) is 0 Å². The van der Waals surface area contributed by atoms with Gasteiger partial charge in [0.05, 0.1) is 12.7 Å². The average molecular weight is 287 g/mol. The van der Waals surface area contributed by atoms with E-state index in [4.69, 9.17) is 9.84 Å². The molecule has 1 aromatic rings. The van der Waals surface area contributed by atoms with Crippen LogP contribution in [0.2, 0.25) is 0 Å². The van der Waals surface area contributed by atoms with Crippen LogP contribution in [0.5, 0.6) is 5.75 Å². The van der Waals surface area contributed by atoms with E-state index in [2.05, 4.69) is 4.72 Å². The third-order valence-electron chi connectivity index (χ3n) is 2.38. The number of benzene rings is 1. The van der Waals surface area contributed by atoms with Gasteiger partial charge in [-0.25, -0.2) is 17.9 Å². The highest BCUT2D eigenvalue weighted by molar-refractivity contribution is 7.89. The Labute approximate surface area is 112 Å². The molecule has 6 nitrogen and oxygen atoms in total. The van der Waals surface area contributed by atoms with Crippen LogP contribution in [0.3, 0.4) is 0 Å². The lowest BCUT2D eigenvalue weighted by molar-refractivity contribution is 0.0696. The average Bonchev–Trinajstić information content (AvgIpc) is 2.35. The topological polar surface area (TPSA) is 92.7 Å². The first kappa shape index (κ1) is 15.5. The van der Waals surface area contributed by atoms with Crippen molar-refractivity contribution in [2.45, 2.75) is 18.7 Å². The molecule has 0 unspecified atom stereocenters. The minimum Gasteiger partial charge on any atom is -0.495 e. The highest BCUT2D eigenvalue weighted by Gasteiger charge is 2.21. The van der Waals surface area contributed by atoms with Crippen LogP contribution in [0, 0.1) is 5.92 Å². The number of carbonyl (C=O) groups is 1. The van der Waals surface area contributed by atoms with Crippen LogP contribution in [0.4, 0.5) is 0 Å². The normalized spacial score (nSPS) is 11.6. The molecule has 0 saturated carbocycles. The van der Waals surface area contributed by atoms with Gasteiger partial charge in [0.25, 0.3) is 0 Å². The zero-order chi connectivity index (χ0) is 14.6. The number of sulfonamides is 1. The van der Waals surface area contributed by atoms with Gasteiger partial charge in [0, 0.05) is 6.54 Å². The first-order valence-electron chi connectivity index (χ1n) is 5.69. The summed E-state index contributed by atoms with van der Waals surface area (Å²) in [5.74, 6) is -0.937. The van der Waals surface area contributed by atoms with Gasteiger partial charge in [-0.05, 0) is 24.1 Å². The van der Waals surface area contributed by atoms with Gasteiger partial charge in [-0.2, -0.15) is 0 Å². The standard InChI is InChI=1S/C12H17NO5S/c1-8(2)7-13-19(16,17)11-6-9(12(14)15)4-5-10(11)18-3/h4-6,8,13H,7H2,1-3H3,(H,14,15). The van der Waals surface area contributed by atoms with Gasteiger partial charge in [-0.1, -0.05) is 13.8 Å². The maximum Gasteiger partial charge on any atom is 0.335 e. The first-order valence-corrected chi connectivity index (χ1v) is 7.17. The number of hydrogen-bond acceptors (Lipinski definition) is 4. The van der Waals surface area contributed by atoms with Crippen molar-refractivity contribution in [3.63, 3.8) is 0 Å². The Balaban J connectivity index is 3.22. The van der Waals surface area contributed by atoms with Crippen LogP contribution in [0.15, 0.2) is 23.1 Å². The Morgan fingerprint density at radius 3 is 2.53 bits per heavy atom. The summed E-state index contributed by atoms with van der Waals surface area (Å²) in [6, 6.07) is 3.71. The van der Waals surface area contributed by atoms with Crippen molar-refractivity contribution in [1.82, 2.24) is 4.72 Å². The summed E-state index contributed by atoms with van der Waals surface area (Å²) in [4.78, 5) is 10.7.